The van der Waals surface area contributed by atoms with Gasteiger partial charge in [-0.15, -0.1) is 0 Å². The van der Waals surface area contributed by atoms with Crippen LogP contribution in [0.1, 0.15) is 51.1 Å². The molecule has 2 aromatic rings. The van der Waals surface area contributed by atoms with Gasteiger partial charge in [0.15, 0.2) is 0 Å². The first-order valence-electron chi connectivity index (χ1n) is 10.4. The molecule has 1 aromatic carbocycles. The number of amides is 4. The normalized spacial score (nSPS) is 24.7. The van der Waals surface area contributed by atoms with E-state index in [0.717, 1.165) is 35.4 Å². The Labute approximate surface area is 175 Å². The van der Waals surface area contributed by atoms with Crippen LogP contribution in [0.2, 0.25) is 0 Å². The Hall–Kier alpha value is -3.16. The Balaban J connectivity index is 1.38. The molecular weight excluding hydrogens is 382 g/mol. The number of urea groups is 1. The van der Waals surface area contributed by atoms with Gasteiger partial charge >= 0.3 is 6.03 Å². The molecule has 1 saturated heterocycles. The molecule has 8 heteroatoms. The van der Waals surface area contributed by atoms with Crippen LogP contribution in [0, 0.1) is 5.92 Å². The number of carbonyl (C=O) groups excluding carboxylic acids is 3. The Morgan fingerprint density at radius 1 is 1.30 bits per heavy atom. The first-order valence-corrected chi connectivity index (χ1v) is 10.4. The Morgan fingerprint density at radius 3 is 2.73 bits per heavy atom. The van der Waals surface area contributed by atoms with Crippen LogP contribution in [0.4, 0.5) is 4.79 Å². The molecule has 4 amide bonds. The Bertz CT molecular complexity index is 940. The van der Waals surface area contributed by atoms with E-state index >= 15 is 0 Å². The van der Waals surface area contributed by atoms with E-state index in [2.05, 4.69) is 15.6 Å². The van der Waals surface area contributed by atoms with Gasteiger partial charge in [0.05, 0.1) is 12.4 Å². The quantitative estimate of drug-likeness (QED) is 0.742. The van der Waals surface area contributed by atoms with Gasteiger partial charge in [0.2, 0.25) is 5.91 Å². The molecule has 1 aliphatic heterocycles. The van der Waals surface area contributed by atoms with Gasteiger partial charge in [-0.1, -0.05) is 31.9 Å². The number of nitrogens with zero attached hydrogens (tertiary/aromatic N) is 3. The largest absolute Gasteiger partial charge is 0.348 e. The van der Waals surface area contributed by atoms with Crippen molar-refractivity contribution in [1.29, 1.82) is 0 Å². The zero-order valence-electron chi connectivity index (χ0n) is 17.3. The maximum Gasteiger partial charge on any atom is 0.325 e. The number of hydrogen-bond acceptors (Lipinski definition) is 4. The standard InChI is InChI=1S/C22H27N5O3/c1-15-5-3-4-10-22(15)20(29)27(21(30)25-22)13-19(28)24-16(2)17-6-8-18(9-7-17)26-12-11-23-14-26/h6-9,11-12,14-16H,3-5,10,13H2,1-2H3,(H,24,28)(H,25,30)/t15-,16+,22+/m1/s1. The summed E-state index contributed by atoms with van der Waals surface area (Å²) in [5, 5.41) is 5.77. The van der Waals surface area contributed by atoms with Crippen molar-refractivity contribution in [2.75, 3.05) is 6.54 Å². The van der Waals surface area contributed by atoms with Gasteiger partial charge in [-0.05, 0) is 43.4 Å². The highest BCUT2D eigenvalue weighted by molar-refractivity contribution is 6.09. The molecule has 1 saturated carbocycles. The van der Waals surface area contributed by atoms with Gasteiger partial charge in [-0.2, -0.15) is 0 Å². The molecule has 2 N–H and O–H groups in total. The molecule has 1 spiro atoms. The number of hydrogen-bond donors (Lipinski definition) is 2. The lowest BCUT2D eigenvalue weighted by molar-refractivity contribution is -0.137. The summed E-state index contributed by atoms with van der Waals surface area (Å²) in [7, 11) is 0. The molecule has 0 unspecified atom stereocenters. The van der Waals surface area contributed by atoms with Gasteiger partial charge in [-0.3, -0.25) is 14.5 Å². The maximum absolute atomic E-state index is 13.0. The monoisotopic (exact) mass is 409 g/mol. The zero-order chi connectivity index (χ0) is 21.3. The summed E-state index contributed by atoms with van der Waals surface area (Å²) < 4.78 is 1.90. The van der Waals surface area contributed by atoms with Crippen molar-refractivity contribution in [3.05, 3.63) is 48.5 Å². The van der Waals surface area contributed by atoms with E-state index in [9.17, 15) is 14.4 Å². The first-order chi connectivity index (χ1) is 14.4. The van der Waals surface area contributed by atoms with Crippen molar-refractivity contribution in [2.24, 2.45) is 5.92 Å². The van der Waals surface area contributed by atoms with E-state index in [-0.39, 0.29) is 30.3 Å². The molecule has 30 heavy (non-hydrogen) atoms. The molecule has 8 nitrogen and oxygen atoms in total. The minimum atomic E-state index is -0.843. The summed E-state index contributed by atoms with van der Waals surface area (Å²) in [5.41, 5.74) is 1.06. The molecule has 1 aromatic heterocycles. The van der Waals surface area contributed by atoms with Crippen molar-refractivity contribution in [3.63, 3.8) is 0 Å². The fraction of sp³-hybridized carbons (Fsp3) is 0.455. The third-order valence-corrected chi connectivity index (χ3v) is 6.38. The first kappa shape index (κ1) is 20.1. The van der Waals surface area contributed by atoms with Crippen LogP contribution in [0.5, 0.6) is 0 Å². The van der Waals surface area contributed by atoms with Crippen molar-refractivity contribution in [1.82, 2.24) is 25.1 Å². The second-order valence-corrected chi connectivity index (χ2v) is 8.29. The van der Waals surface area contributed by atoms with Gasteiger partial charge in [0.1, 0.15) is 12.1 Å². The van der Waals surface area contributed by atoms with E-state index in [0.29, 0.717) is 6.42 Å². The third-order valence-electron chi connectivity index (χ3n) is 6.38. The number of nitrogens with one attached hydrogen (secondary N) is 2. The summed E-state index contributed by atoms with van der Waals surface area (Å²) in [6.07, 6.45) is 8.79. The van der Waals surface area contributed by atoms with Crippen molar-refractivity contribution >= 4 is 17.8 Å². The molecule has 4 rings (SSSR count). The van der Waals surface area contributed by atoms with Crippen LogP contribution >= 0.6 is 0 Å². The number of benzene rings is 1. The average Bonchev–Trinajstić information content (AvgIpc) is 3.34. The second kappa shape index (κ2) is 7.93. The predicted octanol–water partition coefficient (Wildman–Crippen LogP) is 2.55. The van der Waals surface area contributed by atoms with Gasteiger partial charge in [0, 0.05) is 18.1 Å². The van der Waals surface area contributed by atoms with E-state index < -0.39 is 11.6 Å². The Morgan fingerprint density at radius 2 is 2.07 bits per heavy atom. The molecule has 2 fully saturated rings. The fourth-order valence-corrected chi connectivity index (χ4v) is 4.50. The van der Waals surface area contributed by atoms with E-state index in [1.54, 1.807) is 12.5 Å². The van der Waals surface area contributed by atoms with Crippen LogP contribution in [-0.2, 0) is 9.59 Å². The summed E-state index contributed by atoms with van der Waals surface area (Å²) >= 11 is 0. The highest BCUT2D eigenvalue weighted by atomic mass is 16.2. The second-order valence-electron chi connectivity index (χ2n) is 8.29. The van der Waals surface area contributed by atoms with Crippen LogP contribution in [0.15, 0.2) is 43.0 Å². The minimum Gasteiger partial charge on any atom is -0.348 e. The zero-order valence-corrected chi connectivity index (χ0v) is 17.3. The molecule has 0 radical (unpaired) electrons. The highest BCUT2D eigenvalue weighted by Crippen LogP contribution is 2.38. The third kappa shape index (κ3) is 3.58. The fourth-order valence-electron chi connectivity index (χ4n) is 4.50. The minimum absolute atomic E-state index is 0.0729. The summed E-state index contributed by atoms with van der Waals surface area (Å²) in [5.74, 6) is -0.555. The molecule has 3 atom stereocenters. The average molecular weight is 409 g/mol. The van der Waals surface area contributed by atoms with Crippen molar-refractivity contribution in [2.45, 2.75) is 51.1 Å². The summed E-state index contributed by atoms with van der Waals surface area (Å²) in [6, 6.07) is 7.05. The van der Waals surface area contributed by atoms with Gasteiger partial charge < -0.3 is 15.2 Å². The lowest BCUT2D eigenvalue weighted by Gasteiger charge is -2.36. The Kier molecular flexibility index (Phi) is 5.32. The number of imidazole rings is 1. The smallest absolute Gasteiger partial charge is 0.325 e. The number of imide groups is 1. The van der Waals surface area contributed by atoms with E-state index in [1.165, 1.54) is 0 Å². The summed E-state index contributed by atoms with van der Waals surface area (Å²) in [4.78, 5) is 43.1. The molecule has 1 aliphatic carbocycles. The predicted molar refractivity (Wildman–Crippen MR) is 111 cm³/mol. The molecule has 0 bridgehead atoms. The van der Waals surface area contributed by atoms with E-state index in [4.69, 9.17) is 0 Å². The van der Waals surface area contributed by atoms with Crippen LogP contribution in [0.3, 0.4) is 0 Å². The van der Waals surface area contributed by atoms with Gasteiger partial charge in [0.25, 0.3) is 5.91 Å². The number of rotatable bonds is 5. The SMILES string of the molecule is C[C@H](NC(=O)CN1C(=O)N[C@]2(CCCC[C@H]2C)C1=O)c1ccc(-n2ccnc2)cc1. The molecule has 2 aliphatic rings. The lowest BCUT2D eigenvalue weighted by atomic mass is 9.73. The van der Waals surface area contributed by atoms with Gasteiger partial charge in [-0.25, -0.2) is 9.78 Å². The molecule has 158 valence electrons. The number of aromatic nitrogens is 2. The van der Waals surface area contributed by atoms with E-state index in [1.807, 2.05) is 48.9 Å². The number of carbonyl (C=O) groups is 3. The maximum atomic E-state index is 13.0. The lowest BCUT2D eigenvalue weighted by Crippen LogP contribution is -2.54. The van der Waals surface area contributed by atoms with Crippen LogP contribution in [-0.4, -0.2) is 44.4 Å². The molecule has 2 heterocycles. The van der Waals surface area contributed by atoms with Crippen LogP contribution in [0.25, 0.3) is 5.69 Å². The summed E-state index contributed by atoms with van der Waals surface area (Å²) in [6.45, 7) is 3.60. The van der Waals surface area contributed by atoms with Crippen molar-refractivity contribution < 1.29 is 14.4 Å². The molecular formula is C22H27N5O3. The highest BCUT2D eigenvalue weighted by Gasteiger charge is 2.55. The van der Waals surface area contributed by atoms with Crippen molar-refractivity contribution in [3.8, 4) is 5.69 Å². The van der Waals surface area contributed by atoms with Crippen LogP contribution < -0.4 is 10.6 Å². The topological polar surface area (TPSA) is 96.3 Å².